The first-order valence-electron chi connectivity index (χ1n) is 10.9. The molecule has 1 N–H and O–H groups in total. The van der Waals surface area contributed by atoms with Gasteiger partial charge in [0.25, 0.3) is 0 Å². The minimum Gasteiger partial charge on any atom is -0.353 e. The molecular formula is C24H24N6OS. The van der Waals surface area contributed by atoms with E-state index in [1.54, 1.807) is 6.20 Å². The fraction of sp³-hybridized carbons (Fsp3) is 0.333. The van der Waals surface area contributed by atoms with Gasteiger partial charge in [0, 0.05) is 43.3 Å². The third-order valence-electron chi connectivity index (χ3n) is 6.12. The van der Waals surface area contributed by atoms with Crippen LogP contribution in [0.4, 0.5) is 10.9 Å². The quantitative estimate of drug-likeness (QED) is 0.650. The summed E-state index contributed by atoms with van der Waals surface area (Å²) in [6, 6.07) is 12.7. The number of thiazole rings is 1. The molecule has 3 heterocycles. The second-order valence-corrected chi connectivity index (χ2v) is 8.99. The number of hydrogen-bond acceptors (Lipinski definition) is 7. The van der Waals surface area contributed by atoms with Gasteiger partial charge in [-0.25, -0.2) is 9.97 Å². The van der Waals surface area contributed by atoms with E-state index in [1.165, 1.54) is 22.5 Å². The predicted octanol–water partition coefficient (Wildman–Crippen LogP) is 3.33. The fourth-order valence-electron chi connectivity index (χ4n) is 4.59. The van der Waals surface area contributed by atoms with Crippen LogP contribution in [0.5, 0.6) is 0 Å². The molecule has 1 amide bonds. The van der Waals surface area contributed by atoms with Gasteiger partial charge in [0.15, 0.2) is 5.13 Å². The lowest BCUT2D eigenvalue weighted by Gasteiger charge is -2.35. The summed E-state index contributed by atoms with van der Waals surface area (Å²) in [6.45, 7) is 3.30. The van der Waals surface area contributed by atoms with Crippen molar-refractivity contribution >= 4 is 28.2 Å². The number of piperazine rings is 1. The molecule has 1 saturated heterocycles. The number of nitrogens with one attached hydrogen (secondary N) is 1. The number of fused-ring (bicyclic) bond motifs is 1. The zero-order valence-corrected chi connectivity index (χ0v) is 18.6. The molecule has 32 heavy (non-hydrogen) atoms. The second-order valence-electron chi connectivity index (χ2n) is 8.10. The summed E-state index contributed by atoms with van der Waals surface area (Å²) in [5, 5.41) is 15.3. The highest BCUT2D eigenvalue weighted by molar-refractivity contribution is 7.13. The molecule has 0 saturated carbocycles. The first-order valence-corrected chi connectivity index (χ1v) is 11.8. The Balaban J connectivity index is 1.34. The lowest BCUT2D eigenvalue weighted by atomic mass is 9.98. The lowest BCUT2D eigenvalue weighted by Crippen LogP contribution is -2.49. The Hall–Kier alpha value is -3.28. The van der Waals surface area contributed by atoms with Crippen LogP contribution in [0.3, 0.4) is 0 Å². The van der Waals surface area contributed by atoms with Crippen LogP contribution in [-0.4, -0.2) is 53.5 Å². The summed E-state index contributed by atoms with van der Waals surface area (Å²) in [7, 11) is 0. The third kappa shape index (κ3) is 4.09. The van der Waals surface area contributed by atoms with Crippen molar-refractivity contribution in [2.24, 2.45) is 0 Å². The molecule has 2 aromatic heterocycles. The molecule has 0 spiro atoms. The number of benzene rings is 1. The highest BCUT2D eigenvalue weighted by Gasteiger charge is 2.28. The average molecular weight is 445 g/mol. The Morgan fingerprint density at radius 2 is 1.91 bits per heavy atom. The summed E-state index contributed by atoms with van der Waals surface area (Å²) in [4.78, 5) is 25.8. The van der Waals surface area contributed by atoms with Crippen molar-refractivity contribution in [3.63, 3.8) is 0 Å². The largest absolute Gasteiger partial charge is 0.353 e. The molecular weight excluding hydrogens is 420 g/mol. The topological polar surface area (TPSA) is 85.2 Å². The lowest BCUT2D eigenvalue weighted by molar-refractivity contribution is -0.117. The predicted molar refractivity (Wildman–Crippen MR) is 126 cm³/mol. The van der Waals surface area contributed by atoms with E-state index in [4.69, 9.17) is 4.98 Å². The van der Waals surface area contributed by atoms with Gasteiger partial charge in [-0.1, -0.05) is 30.3 Å². The van der Waals surface area contributed by atoms with Crippen LogP contribution >= 0.6 is 11.3 Å². The van der Waals surface area contributed by atoms with Crippen molar-refractivity contribution in [3.05, 3.63) is 58.6 Å². The maximum Gasteiger partial charge on any atom is 0.240 e. The molecule has 5 rings (SSSR count). The van der Waals surface area contributed by atoms with E-state index in [0.29, 0.717) is 11.7 Å². The number of aromatic nitrogens is 2. The van der Waals surface area contributed by atoms with E-state index in [1.807, 2.05) is 23.6 Å². The van der Waals surface area contributed by atoms with Crippen molar-refractivity contribution in [1.29, 1.82) is 5.26 Å². The van der Waals surface area contributed by atoms with Gasteiger partial charge in [0.2, 0.25) is 5.91 Å². The Bertz CT molecular complexity index is 1150. The molecule has 162 valence electrons. The molecule has 8 heteroatoms. The standard InChI is InChI=1S/C24H24N6OS/c25-15-20-18-7-4-8-19(18)22(17-5-2-1-3-6-17)28-23(20)30-12-10-29(11-13-30)16-21(31)27-24-26-9-14-32-24/h1-3,5-6,9,14H,4,7-8,10-13,16H2,(H,26,27,31). The van der Waals surface area contributed by atoms with Gasteiger partial charge >= 0.3 is 0 Å². The second kappa shape index (κ2) is 9.07. The molecule has 0 bridgehead atoms. The zero-order valence-electron chi connectivity index (χ0n) is 17.8. The number of nitrogens with zero attached hydrogens (tertiary/aromatic N) is 5. The van der Waals surface area contributed by atoms with Gasteiger partial charge in [0.05, 0.1) is 17.8 Å². The van der Waals surface area contributed by atoms with Crippen LogP contribution in [0.1, 0.15) is 23.1 Å². The number of rotatable bonds is 5. The minimum absolute atomic E-state index is 0.0480. The number of carbonyl (C=O) groups excluding carboxylic acids is 1. The summed E-state index contributed by atoms with van der Waals surface area (Å²) in [5.74, 6) is 0.743. The molecule has 1 aromatic carbocycles. The highest BCUT2D eigenvalue weighted by atomic mass is 32.1. The molecule has 0 atom stereocenters. The van der Waals surface area contributed by atoms with Crippen LogP contribution in [0.2, 0.25) is 0 Å². The van der Waals surface area contributed by atoms with E-state index in [-0.39, 0.29) is 5.91 Å². The van der Waals surface area contributed by atoms with E-state index in [2.05, 4.69) is 38.3 Å². The van der Waals surface area contributed by atoms with Crippen molar-refractivity contribution in [2.45, 2.75) is 19.3 Å². The minimum atomic E-state index is -0.0480. The molecule has 1 aliphatic carbocycles. The van der Waals surface area contributed by atoms with Gasteiger partial charge < -0.3 is 10.2 Å². The smallest absolute Gasteiger partial charge is 0.240 e. The first-order chi connectivity index (χ1) is 15.7. The van der Waals surface area contributed by atoms with Gasteiger partial charge in [-0.3, -0.25) is 9.69 Å². The molecule has 2 aliphatic rings. The monoisotopic (exact) mass is 444 g/mol. The van der Waals surface area contributed by atoms with Crippen molar-refractivity contribution in [2.75, 3.05) is 42.9 Å². The molecule has 3 aromatic rings. The molecule has 7 nitrogen and oxygen atoms in total. The number of carbonyl (C=O) groups is 1. The van der Waals surface area contributed by atoms with E-state index in [9.17, 15) is 10.1 Å². The first kappa shape index (κ1) is 20.6. The number of hydrogen-bond donors (Lipinski definition) is 1. The maximum atomic E-state index is 12.3. The molecule has 1 fully saturated rings. The van der Waals surface area contributed by atoms with Crippen LogP contribution < -0.4 is 10.2 Å². The van der Waals surface area contributed by atoms with Gasteiger partial charge in [0.1, 0.15) is 11.9 Å². The van der Waals surface area contributed by atoms with Gasteiger partial charge in [-0.2, -0.15) is 5.26 Å². The van der Waals surface area contributed by atoms with Gasteiger partial charge in [-0.15, -0.1) is 11.3 Å². The summed E-state index contributed by atoms with van der Waals surface area (Å²) < 4.78 is 0. The Morgan fingerprint density at radius 3 is 2.62 bits per heavy atom. The fourth-order valence-corrected chi connectivity index (χ4v) is 5.14. The zero-order chi connectivity index (χ0) is 21.9. The summed E-state index contributed by atoms with van der Waals surface area (Å²) >= 11 is 1.42. The van der Waals surface area contributed by atoms with Crippen LogP contribution in [0.25, 0.3) is 11.3 Å². The number of anilines is 2. The Labute approximate surface area is 191 Å². The van der Waals surface area contributed by atoms with Crippen LogP contribution in [0, 0.1) is 11.3 Å². The molecule has 0 unspecified atom stereocenters. The van der Waals surface area contributed by atoms with Gasteiger partial charge in [-0.05, 0) is 30.4 Å². The Kier molecular flexibility index (Phi) is 5.84. The number of nitriles is 1. The Morgan fingerprint density at radius 1 is 1.12 bits per heavy atom. The normalized spacial score (nSPS) is 15.9. The van der Waals surface area contributed by atoms with E-state index < -0.39 is 0 Å². The third-order valence-corrected chi connectivity index (χ3v) is 6.81. The van der Waals surface area contributed by atoms with Crippen molar-refractivity contribution < 1.29 is 4.79 Å². The SMILES string of the molecule is N#Cc1c(N2CCN(CC(=O)Nc3nccs3)CC2)nc(-c2ccccc2)c2c1CCC2. The van der Waals surface area contributed by atoms with Crippen molar-refractivity contribution in [3.8, 4) is 17.3 Å². The molecule has 1 aliphatic heterocycles. The summed E-state index contributed by atoms with van der Waals surface area (Å²) in [6.07, 6.45) is 4.66. The summed E-state index contributed by atoms with van der Waals surface area (Å²) in [5.41, 5.74) is 5.24. The van der Waals surface area contributed by atoms with E-state index >= 15 is 0 Å². The number of amides is 1. The van der Waals surface area contributed by atoms with Crippen LogP contribution in [0.15, 0.2) is 41.9 Å². The average Bonchev–Trinajstić information content (AvgIpc) is 3.51. The van der Waals surface area contributed by atoms with Crippen LogP contribution in [-0.2, 0) is 17.6 Å². The number of pyridine rings is 1. The maximum absolute atomic E-state index is 12.3. The highest BCUT2D eigenvalue weighted by Crippen LogP contribution is 2.37. The van der Waals surface area contributed by atoms with Crippen molar-refractivity contribution in [1.82, 2.24) is 14.9 Å². The molecule has 0 radical (unpaired) electrons. The van der Waals surface area contributed by atoms with E-state index in [0.717, 1.165) is 68.1 Å².